The topological polar surface area (TPSA) is 75.4 Å². The summed E-state index contributed by atoms with van der Waals surface area (Å²) in [7, 11) is 0. The van der Waals surface area contributed by atoms with E-state index in [0.29, 0.717) is 12.1 Å². The molecule has 0 spiro atoms. The molecule has 1 unspecified atom stereocenters. The van der Waals surface area contributed by atoms with Crippen LogP contribution in [0.25, 0.3) is 0 Å². The molecule has 0 fully saturated rings. The summed E-state index contributed by atoms with van der Waals surface area (Å²) in [5.41, 5.74) is 2.97. The predicted molar refractivity (Wildman–Crippen MR) is 74.6 cm³/mol. The Morgan fingerprint density at radius 3 is 2.70 bits per heavy atom. The van der Waals surface area contributed by atoms with E-state index in [1.807, 2.05) is 32.9 Å². The van der Waals surface area contributed by atoms with Gasteiger partial charge in [0.05, 0.1) is 11.3 Å². The summed E-state index contributed by atoms with van der Waals surface area (Å²) in [5, 5.41) is 16.4. The minimum atomic E-state index is -0.910. The molecular weight excluding hydrogens is 256 g/mol. The maximum atomic E-state index is 11.2. The third-order valence-corrected chi connectivity index (χ3v) is 3.37. The molecule has 1 atom stereocenters. The Balaban J connectivity index is 2.11. The van der Waals surface area contributed by atoms with E-state index in [1.54, 1.807) is 12.1 Å². The minimum Gasteiger partial charge on any atom is -0.478 e. The van der Waals surface area contributed by atoms with Gasteiger partial charge in [0.25, 0.3) is 0 Å². The number of aromatic nitrogens is 1. The highest BCUT2D eigenvalue weighted by Crippen LogP contribution is 2.21. The predicted octanol–water partition coefficient (Wildman–Crippen LogP) is 2.84. The molecule has 0 saturated heterocycles. The van der Waals surface area contributed by atoms with Gasteiger partial charge >= 0.3 is 5.97 Å². The molecule has 2 rings (SSSR count). The lowest BCUT2D eigenvalue weighted by Crippen LogP contribution is -2.20. The third kappa shape index (κ3) is 2.88. The lowest BCUT2D eigenvalue weighted by Gasteiger charge is -2.14. The van der Waals surface area contributed by atoms with Gasteiger partial charge in [0.1, 0.15) is 5.76 Å². The van der Waals surface area contributed by atoms with Gasteiger partial charge in [-0.3, -0.25) is 0 Å². The van der Waals surface area contributed by atoms with Crippen molar-refractivity contribution in [3.63, 3.8) is 0 Å². The van der Waals surface area contributed by atoms with Gasteiger partial charge in [-0.2, -0.15) is 0 Å². The lowest BCUT2D eigenvalue weighted by molar-refractivity contribution is 0.0695. The number of aromatic carboxylic acids is 1. The Hall–Kier alpha value is -2.14. The molecule has 5 heteroatoms. The number of hydrogen-bond donors (Lipinski definition) is 2. The van der Waals surface area contributed by atoms with E-state index in [0.717, 1.165) is 22.6 Å². The zero-order valence-corrected chi connectivity index (χ0v) is 11.8. The Bertz CT molecular complexity index is 600. The van der Waals surface area contributed by atoms with E-state index in [4.69, 9.17) is 9.63 Å². The number of nitrogens with zero attached hydrogens (tertiary/aromatic N) is 1. The zero-order chi connectivity index (χ0) is 14.7. The second-order valence-corrected chi connectivity index (χ2v) is 4.80. The fourth-order valence-corrected chi connectivity index (χ4v) is 2.36. The molecule has 0 radical (unpaired) electrons. The number of aryl methyl sites for hydroxylation is 2. The first-order chi connectivity index (χ1) is 9.50. The van der Waals surface area contributed by atoms with Crippen molar-refractivity contribution in [3.8, 4) is 0 Å². The van der Waals surface area contributed by atoms with Gasteiger partial charge in [-0.25, -0.2) is 4.79 Å². The van der Waals surface area contributed by atoms with Gasteiger partial charge in [0.2, 0.25) is 0 Å². The van der Waals surface area contributed by atoms with Gasteiger partial charge in [-0.15, -0.1) is 0 Å². The number of rotatable bonds is 5. The number of carbonyl (C=O) groups is 1. The highest BCUT2D eigenvalue weighted by atomic mass is 16.5. The van der Waals surface area contributed by atoms with Crippen LogP contribution >= 0.6 is 0 Å². The Morgan fingerprint density at radius 2 is 2.10 bits per heavy atom. The van der Waals surface area contributed by atoms with Crippen LogP contribution in [0.15, 0.2) is 28.8 Å². The van der Waals surface area contributed by atoms with Crippen LogP contribution < -0.4 is 5.32 Å². The molecule has 2 aromatic rings. The second kappa shape index (κ2) is 5.88. The molecule has 0 saturated carbocycles. The molecule has 1 heterocycles. The average molecular weight is 274 g/mol. The highest BCUT2D eigenvalue weighted by molar-refractivity contribution is 5.89. The van der Waals surface area contributed by atoms with Crippen molar-refractivity contribution in [1.29, 1.82) is 0 Å². The molecule has 1 aromatic heterocycles. The highest BCUT2D eigenvalue weighted by Gasteiger charge is 2.17. The van der Waals surface area contributed by atoms with E-state index >= 15 is 0 Å². The largest absolute Gasteiger partial charge is 0.478 e. The Kier molecular flexibility index (Phi) is 4.20. The summed E-state index contributed by atoms with van der Waals surface area (Å²) in [6, 6.07) is 7.04. The molecule has 0 amide bonds. The molecule has 0 bridgehead atoms. The summed E-state index contributed by atoms with van der Waals surface area (Å²) in [5.74, 6) is -0.124. The number of carboxylic acid groups (broad SMARTS) is 1. The molecule has 20 heavy (non-hydrogen) atoms. The second-order valence-electron chi connectivity index (χ2n) is 4.80. The van der Waals surface area contributed by atoms with Gasteiger partial charge in [0, 0.05) is 18.2 Å². The van der Waals surface area contributed by atoms with Crippen molar-refractivity contribution in [2.24, 2.45) is 0 Å². The number of hydrogen-bond acceptors (Lipinski definition) is 4. The van der Waals surface area contributed by atoms with E-state index in [2.05, 4.69) is 10.5 Å². The molecule has 106 valence electrons. The van der Waals surface area contributed by atoms with E-state index in [9.17, 15) is 4.79 Å². The van der Waals surface area contributed by atoms with Crippen molar-refractivity contribution in [2.75, 3.05) is 0 Å². The standard InChI is InChI=1S/C15H18N2O3/c1-9(14-10(2)17-20-11(14)3)16-8-12-6-4-5-7-13(12)15(18)19/h4-7,9,16H,8H2,1-3H3,(H,18,19). The van der Waals surface area contributed by atoms with E-state index in [1.165, 1.54) is 0 Å². The van der Waals surface area contributed by atoms with Gasteiger partial charge in [-0.1, -0.05) is 23.4 Å². The van der Waals surface area contributed by atoms with Crippen molar-refractivity contribution in [2.45, 2.75) is 33.4 Å². The van der Waals surface area contributed by atoms with Crippen LogP contribution in [-0.2, 0) is 6.54 Å². The first-order valence-corrected chi connectivity index (χ1v) is 6.48. The molecule has 2 N–H and O–H groups in total. The van der Waals surface area contributed by atoms with Crippen molar-refractivity contribution in [1.82, 2.24) is 10.5 Å². The molecule has 0 aliphatic heterocycles. The fraction of sp³-hybridized carbons (Fsp3) is 0.333. The van der Waals surface area contributed by atoms with Gasteiger partial charge in [-0.05, 0) is 32.4 Å². The third-order valence-electron chi connectivity index (χ3n) is 3.37. The number of benzene rings is 1. The Labute approximate surface area is 117 Å². The van der Waals surface area contributed by atoms with Crippen LogP contribution in [0, 0.1) is 13.8 Å². The maximum Gasteiger partial charge on any atom is 0.336 e. The minimum absolute atomic E-state index is 0.0445. The van der Waals surface area contributed by atoms with Crippen LogP contribution in [-0.4, -0.2) is 16.2 Å². The Morgan fingerprint density at radius 1 is 1.40 bits per heavy atom. The van der Waals surface area contributed by atoms with Crippen LogP contribution in [0.3, 0.4) is 0 Å². The van der Waals surface area contributed by atoms with Crippen LogP contribution in [0.2, 0.25) is 0 Å². The van der Waals surface area contributed by atoms with Crippen LogP contribution in [0.5, 0.6) is 0 Å². The van der Waals surface area contributed by atoms with Crippen molar-refractivity contribution >= 4 is 5.97 Å². The van der Waals surface area contributed by atoms with Gasteiger partial charge < -0.3 is 14.9 Å². The monoisotopic (exact) mass is 274 g/mol. The smallest absolute Gasteiger partial charge is 0.336 e. The van der Waals surface area contributed by atoms with Gasteiger partial charge in [0.15, 0.2) is 0 Å². The molecule has 0 aliphatic carbocycles. The molecule has 0 aliphatic rings. The van der Waals surface area contributed by atoms with Crippen molar-refractivity contribution in [3.05, 3.63) is 52.4 Å². The number of carboxylic acids is 1. The molecule has 1 aromatic carbocycles. The summed E-state index contributed by atoms with van der Waals surface area (Å²) < 4.78 is 5.15. The normalized spacial score (nSPS) is 12.3. The van der Waals surface area contributed by atoms with Crippen LogP contribution in [0.4, 0.5) is 0 Å². The summed E-state index contributed by atoms with van der Waals surface area (Å²) in [6.07, 6.45) is 0. The summed E-state index contributed by atoms with van der Waals surface area (Å²) >= 11 is 0. The maximum absolute atomic E-state index is 11.2. The molecular formula is C15H18N2O3. The fourth-order valence-electron chi connectivity index (χ4n) is 2.36. The molecule has 5 nitrogen and oxygen atoms in total. The first-order valence-electron chi connectivity index (χ1n) is 6.48. The van der Waals surface area contributed by atoms with E-state index in [-0.39, 0.29) is 6.04 Å². The quantitative estimate of drug-likeness (QED) is 0.876. The summed E-state index contributed by atoms with van der Waals surface area (Å²) in [4.78, 5) is 11.2. The SMILES string of the molecule is Cc1noc(C)c1C(C)NCc1ccccc1C(=O)O. The van der Waals surface area contributed by atoms with Crippen molar-refractivity contribution < 1.29 is 14.4 Å². The average Bonchev–Trinajstić information content (AvgIpc) is 2.76. The van der Waals surface area contributed by atoms with Crippen LogP contribution in [0.1, 0.15) is 45.9 Å². The zero-order valence-electron chi connectivity index (χ0n) is 11.8. The van der Waals surface area contributed by atoms with E-state index < -0.39 is 5.97 Å². The first kappa shape index (κ1) is 14.3. The number of nitrogens with one attached hydrogen (secondary N) is 1. The summed E-state index contributed by atoms with van der Waals surface area (Å²) in [6.45, 7) is 6.26. The lowest BCUT2D eigenvalue weighted by atomic mass is 10.0.